The molecule has 17 heavy (non-hydrogen) atoms. The van der Waals surface area contributed by atoms with Crippen LogP contribution in [0.2, 0.25) is 10.0 Å². The molecule has 1 aliphatic carbocycles. The van der Waals surface area contributed by atoms with E-state index in [1.54, 1.807) is 6.07 Å². The molecule has 4 heteroatoms. The second-order valence-corrected chi connectivity index (χ2v) is 6.77. The van der Waals surface area contributed by atoms with Crippen molar-refractivity contribution in [3.63, 3.8) is 0 Å². The third-order valence-electron chi connectivity index (χ3n) is 3.40. The molecule has 0 spiro atoms. The van der Waals surface area contributed by atoms with Gasteiger partial charge in [-0.3, -0.25) is 0 Å². The molecule has 1 N–H and O–H groups in total. The molecule has 1 aromatic carbocycles. The Bertz CT molecular complexity index is 365. The zero-order chi connectivity index (χ0) is 12.3. The molecule has 0 radical (unpaired) electrons. The first-order valence-corrected chi connectivity index (χ1v) is 7.82. The normalized spacial score (nSPS) is 17.8. The Hall–Kier alpha value is 0.110. The van der Waals surface area contributed by atoms with Crippen molar-refractivity contribution in [2.24, 2.45) is 0 Å². The van der Waals surface area contributed by atoms with Gasteiger partial charge in [0.15, 0.2) is 0 Å². The maximum atomic E-state index is 5.97. The average molecular weight is 290 g/mol. The van der Waals surface area contributed by atoms with Crippen LogP contribution in [-0.2, 0) is 6.54 Å². The summed E-state index contributed by atoms with van der Waals surface area (Å²) < 4.78 is 0.475. The van der Waals surface area contributed by atoms with Crippen LogP contribution in [-0.4, -0.2) is 17.5 Å². The summed E-state index contributed by atoms with van der Waals surface area (Å²) in [5, 5.41) is 4.92. The molecule has 0 heterocycles. The molecule has 0 atom stereocenters. The SMILES string of the molecule is CSC1(CNCc2cc(Cl)cc(Cl)c2)CCC1. The quantitative estimate of drug-likeness (QED) is 0.864. The Balaban J connectivity index is 1.85. The number of halogens is 2. The van der Waals surface area contributed by atoms with Gasteiger partial charge in [-0.15, -0.1) is 0 Å². The van der Waals surface area contributed by atoms with Crippen molar-refractivity contribution in [1.29, 1.82) is 0 Å². The summed E-state index contributed by atoms with van der Waals surface area (Å²) in [6.45, 7) is 1.90. The van der Waals surface area contributed by atoms with E-state index in [1.165, 1.54) is 19.3 Å². The first-order chi connectivity index (χ1) is 8.13. The smallest absolute Gasteiger partial charge is 0.0424 e. The molecule has 1 fully saturated rings. The number of rotatable bonds is 5. The van der Waals surface area contributed by atoms with Crippen LogP contribution in [0.3, 0.4) is 0 Å². The molecule has 1 nitrogen and oxygen atoms in total. The molecule has 0 bridgehead atoms. The van der Waals surface area contributed by atoms with Crippen molar-refractivity contribution >= 4 is 35.0 Å². The lowest BCUT2D eigenvalue weighted by Crippen LogP contribution is -2.43. The number of thioether (sulfide) groups is 1. The van der Waals surface area contributed by atoms with Gasteiger partial charge in [0.2, 0.25) is 0 Å². The van der Waals surface area contributed by atoms with Gasteiger partial charge in [0.1, 0.15) is 0 Å². The Morgan fingerprint density at radius 2 is 1.88 bits per heavy atom. The summed E-state index contributed by atoms with van der Waals surface area (Å²) in [7, 11) is 0. The van der Waals surface area contributed by atoms with Crippen molar-refractivity contribution in [1.82, 2.24) is 5.32 Å². The predicted molar refractivity (Wildman–Crippen MR) is 78.3 cm³/mol. The van der Waals surface area contributed by atoms with E-state index < -0.39 is 0 Å². The fourth-order valence-corrected chi connectivity index (χ4v) is 3.69. The van der Waals surface area contributed by atoms with Gasteiger partial charge < -0.3 is 5.32 Å². The van der Waals surface area contributed by atoms with E-state index in [1.807, 2.05) is 23.9 Å². The molecule has 94 valence electrons. The third-order valence-corrected chi connectivity index (χ3v) is 5.25. The van der Waals surface area contributed by atoms with E-state index in [9.17, 15) is 0 Å². The number of hydrogen-bond acceptors (Lipinski definition) is 2. The van der Waals surface area contributed by atoms with Crippen LogP contribution in [0.1, 0.15) is 24.8 Å². The van der Waals surface area contributed by atoms with Crippen molar-refractivity contribution in [2.45, 2.75) is 30.6 Å². The van der Waals surface area contributed by atoms with Crippen LogP contribution in [0.5, 0.6) is 0 Å². The van der Waals surface area contributed by atoms with E-state index in [4.69, 9.17) is 23.2 Å². The lowest BCUT2D eigenvalue weighted by molar-refractivity contribution is 0.345. The zero-order valence-corrected chi connectivity index (χ0v) is 12.3. The number of benzene rings is 1. The molecule has 1 aliphatic rings. The second kappa shape index (κ2) is 5.83. The van der Waals surface area contributed by atoms with E-state index >= 15 is 0 Å². The zero-order valence-electron chi connectivity index (χ0n) is 9.93. The summed E-state index contributed by atoms with van der Waals surface area (Å²) in [4.78, 5) is 0. The first-order valence-electron chi connectivity index (χ1n) is 5.84. The standard InChI is InChI=1S/C13H17Cl2NS/c1-17-13(3-2-4-13)9-16-8-10-5-11(14)7-12(15)6-10/h5-7,16H,2-4,8-9H2,1H3. The van der Waals surface area contributed by atoms with Crippen molar-refractivity contribution in [3.8, 4) is 0 Å². The summed E-state index contributed by atoms with van der Waals surface area (Å²) in [5.74, 6) is 0. The van der Waals surface area contributed by atoms with Gasteiger partial charge in [-0.2, -0.15) is 11.8 Å². The van der Waals surface area contributed by atoms with Gasteiger partial charge in [0, 0.05) is 27.9 Å². The van der Waals surface area contributed by atoms with Gasteiger partial charge in [-0.05, 0) is 42.9 Å². The third kappa shape index (κ3) is 3.54. The van der Waals surface area contributed by atoms with Gasteiger partial charge in [0.05, 0.1) is 0 Å². The second-order valence-electron chi connectivity index (χ2n) is 4.62. The van der Waals surface area contributed by atoms with Crippen LogP contribution in [0, 0.1) is 0 Å². The Labute approximate surface area is 117 Å². The van der Waals surface area contributed by atoms with Crippen LogP contribution in [0.4, 0.5) is 0 Å². The topological polar surface area (TPSA) is 12.0 Å². The highest BCUT2D eigenvalue weighted by atomic mass is 35.5. The van der Waals surface area contributed by atoms with Crippen molar-refractivity contribution in [2.75, 3.05) is 12.8 Å². The van der Waals surface area contributed by atoms with Gasteiger partial charge in [0.25, 0.3) is 0 Å². The molecule has 1 saturated carbocycles. The maximum Gasteiger partial charge on any atom is 0.0424 e. The highest BCUT2D eigenvalue weighted by molar-refractivity contribution is 8.00. The van der Waals surface area contributed by atoms with Crippen LogP contribution in [0.15, 0.2) is 18.2 Å². The van der Waals surface area contributed by atoms with Crippen LogP contribution < -0.4 is 5.32 Å². The van der Waals surface area contributed by atoms with Gasteiger partial charge in [-0.25, -0.2) is 0 Å². The first kappa shape index (κ1) is 13.5. The lowest BCUT2D eigenvalue weighted by atomic mass is 9.84. The van der Waals surface area contributed by atoms with E-state index in [2.05, 4.69) is 11.6 Å². The van der Waals surface area contributed by atoms with Gasteiger partial charge in [-0.1, -0.05) is 29.6 Å². The Kier molecular flexibility index (Phi) is 4.65. The summed E-state index contributed by atoms with van der Waals surface area (Å²) in [5.41, 5.74) is 1.15. The molecular weight excluding hydrogens is 273 g/mol. The fraction of sp³-hybridized carbons (Fsp3) is 0.538. The van der Waals surface area contributed by atoms with E-state index in [0.29, 0.717) is 14.8 Å². The minimum absolute atomic E-state index is 0.475. The van der Waals surface area contributed by atoms with Crippen LogP contribution in [0.25, 0.3) is 0 Å². The Morgan fingerprint density at radius 1 is 1.24 bits per heavy atom. The average Bonchev–Trinajstić information content (AvgIpc) is 2.20. The molecule has 0 amide bonds. The summed E-state index contributed by atoms with van der Waals surface area (Å²) in [6, 6.07) is 5.70. The van der Waals surface area contributed by atoms with Crippen molar-refractivity contribution in [3.05, 3.63) is 33.8 Å². The lowest BCUT2D eigenvalue weighted by Gasteiger charge is -2.40. The number of hydrogen-bond donors (Lipinski definition) is 1. The predicted octanol–water partition coefficient (Wildman–Crippen LogP) is 4.37. The molecule has 0 unspecified atom stereocenters. The molecule has 2 rings (SSSR count). The maximum absolute atomic E-state index is 5.97. The highest BCUT2D eigenvalue weighted by Gasteiger charge is 2.35. The summed E-state index contributed by atoms with van der Waals surface area (Å²) in [6.07, 6.45) is 6.23. The molecule has 1 aromatic rings. The molecule has 0 aromatic heterocycles. The van der Waals surface area contributed by atoms with Crippen molar-refractivity contribution < 1.29 is 0 Å². The Morgan fingerprint density at radius 3 is 2.35 bits per heavy atom. The van der Waals surface area contributed by atoms with Gasteiger partial charge >= 0.3 is 0 Å². The highest BCUT2D eigenvalue weighted by Crippen LogP contribution is 2.42. The molecule has 0 aliphatic heterocycles. The monoisotopic (exact) mass is 289 g/mol. The minimum Gasteiger partial charge on any atom is -0.311 e. The van der Waals surface area contributed by atoms with Crippen LogP contribution >= 0.6 is 35.0 Å². The fourth-order valence-electron chi connectivity index (χ4n) is 2.17. The largest absolute Gasteiger partial charge is 0.311 e. The van der Waals surface area contributed by atoms with E-state index in [-0.39, 0.29) is 0 Å². The van der Waals surface area contributed by atoms with E-state index in [0.717, 1.165) is 18.7 Å². The summed E-state index contributed by atoms with van der Waals surface area (Å²) >= 11 is 13.9. The number of nitrogens with one attached hydrogen (secondary N) is 1. The minimum atomic E-state index is 0.475. The molecule has 0 saturated heterocycles. The molecular formula is C13H17Cl2NS.